The van der Waals surface area contributed by atoms with Gasteiger partial charge in [-0.25, -0.2) is 0 Å². The molecule has 0 N–H and O–H groups in total. The van der Waals surface area contributed by atoms with Crippen LogP contribution < -0.4 is 103 Å². The first-order valence-electron chi connectivity index (χ1n) is 44.9. The Morgan fingerprint density at radius 3 is 0.634 bits per heavy atom. The number of aryl methyl sites for hydroxylation is 5. The molecule has 8 nitrogen and oxygen atoms in total. The first kappa shape index (κ1) is 78.3. The van der Waals surface area contributed by atoms with Crippen LogP contribution in [0.2, 0.25) is 0 Å². The topological polar surface area (TPSA) is 73.8 Å². The second kappa shape index (κ2) is 32.3. The van der Waals surface area contributed by atoms with Gasteiger partial charge in [-0.2, -0.15) is 0 Å². The summed E-state index contributed by atoms with van der Waals surface area (Å²) in [5.41, 5.74) is 37.1. The van der Waals surface area contributed by atoms with Gasteiger partial charge in [0.2, 0.25) is 0 Å². The van der Waals surface area contributed by atoms with Crippen LogP contribution in [0.4, 0.5) is 0 Å². The molecule has 0 atom stereocenters. The molecule has 0 bridgehead atoms. The molecular formula is C119H82B4O8. The number of hydrogen-bond donors (Lipinski definition) is 0. The number of para-hydroxylation sites is 1. The van der Waals surface area contributed by atoms with Crippen molar-refractivity contribution >= 4 is 92.4 Å². The van der Waals surface area contributed by atoms with Gasteiger partial charge < -0.3 is 37.9 Å². The summed E-state index contributed by atoms with van der Waals surface area (Å²) < 4.78 is 51.0. The van der Waals surface area contributed by atoms with E-state index in [1.54, 1.807) is 0 Å². The minimum Gasteiger partial charge on any atom is -0.458 e. The first-order valence-corrected chi connectivity index (χ1v) is 44.9. The molecule has 0 saturated heterocycles. The average Bonchev–Trinajstić information content (AvgIpc) is 0.738. The average molecular weight is 1680 g/mol. The quantitative estimate of drug-likeness (QED) is 0.146. The molecule has 8 aliphatic rings. The van der Waals surface area contributed by atoms with Gasteiger partial charge in [-0.05, 0) is 281 Å². The summed E-state index contributed by atoms with van der Waals surface area (Å²) in [6.45, 7) is 11.1. The molecule has 0 spiro atoms. The number of benzene rings is 19. The Morgan fingerprint density at radius 1 is 0.130 bits per heavy atom. The molecule has 0 amide bonds. The monoisotopic (exact) mass is 1680 g/mol. The van der Waals surface area contributed by atoms with E-state index < -0.39 is 0 Å². The summed E-state index contributed by atoms with van der Waals surface area (Å²) in [5.74, 6) is 14.3. The molecule has 19 aromatic rings. The van der Waals surface area contributed by atoms with Crippen LogP contribution >= 0.6 is 0 Å². The smallest absolute Gasteiger partial charge is 0.260 e. The normalized spacial score (nSPS) is 12.7. The lowest BCUT2D eigenvalue weighted by atomic mass is 9.34. The maximum absolute atomic E-state index is 6.50. The molecular weight excluding hydrogens is 1600 g/mol. The highest BCUT2D eigenvalue weighted by Gasteiger charge is 2.45. The Bertz CT molecular complexity index is 7850. The summed E-state index contributed by atoms with van der Waals surface area (Å²) in [4.78, 5) is 0. The van der Waals surface area contributed by atoms with Gasteiger partial charge in [-0.15, -0.1) is 0 Å². The molecule has 19 aromatic carbocycles. The lowest BCUT2D eigenvalue weighted by molar-refractivity contribution is 0.464. The molecule has 131 heavy (non-hydrogen) atoms. The highest BCUT2D eigenvalue weighted by atomic mass is 16.5. The first-order chi connectivity index (χ1) is 64.5. The Kier molecular flexibility index (Phi) is 19.3. The van der Waals surface area contributed by atoms with Gasteiger partial charge in [0.05, 0.1) is 0 Å². The van der Waals surface area contributed by atoms with Crippen LogP contribution in [-0.4, -0.2) is 26.9 Å². The van der Waals surface area contributed by atoms with Crippen molar-refractivity contribution in [1.82, 2.24) is 0 Å². The fourth-order valence-corrected chi connectivity index (χ4v) is 20.6. The van der Waals surface area contributed by atoms with Crippen molar-refractivity contribution in [2.24, 2.45) is 0 Å². The molecule has 0 saturated carbocycles. The minimum atomic E-state index is 0.0589. The van der Waals surface area contributed by atoms with Gasteiger partial charge in [0.25, 0.3) is 26.9 Å². The molecule has 12 heteroatoms. The lowest BCUT2D eigenvalue weighted by Gasteiger charge is -2.33. The van der Waals surface area contributed by atoms with Gasteiger partial charge in [0, 0.05) is 21.9 Å². The van der Waals surface area contributed by atoms with E-state index in [1.807, 2.05) is 91.0 Å². The van der Waals surface area contributed by atoms with Crippen LogP contribution in [0, 0.1) is 34.6 Å². The molecule has 8 aliphatic heterocycles. The Hall–Kier alpha value is -16.2. The van der Waals surface area contributed by atoms with Crippen molar-refractivity contribution in [3.05, 3.63) is 434 Å². The molecule has 618 valence electrons. The van der Waals surface area contributed by atoms with Crippen LogP contribution in [0.3, 0.4) is 0 Å². The lowest BCUT2D eigenvalue weighted by Crippen LogP contribution is -2.57. The van der Waals surface area contributed by atoms with Crippen LogP contribution in [0.15, 0.2) is 406 Å². The standard InChI is InChI=1S/C32H23BO2.2C31H21BO2.C25H17BO2/c1-20-8-3-5-10-24(20)22-15-17-28-27(18-22)33-26-16-14-23(25-11-6-4-9-21(25)2)19-31(26)35-30-13-7-12-29(34-28)32(30)33;1-20-8-5-6-11-24(20)23-14-16-25-30(19-23)34-29-13-7-12-28-31(29)32(25)26-18-22(15-17-27(26)33-28)21-9-3-2-4-10-21;1-20-8-5-6-11-24(20)23-15-17-27-26(18-23)32-25-16-14-22(21-9-3-2-4-10-21)19-30(25)34-29-13-7-12-28(33-27)31(29)32;1-16-7-2-3-8-18(16)17-13-14-22-20(15-17)26-19-9-4-5-10-21(19)27-23-11-6-12-24(28-22)25(23)26/h3-19H,1-2H3;2*2-19H,1H3;2-15H,1H3. The molecule has 27 rings (SSSR count). The van der Waals surface area contributed by atoms with Crippen molar-refractivity contribution in [2.45, 2.75) is 34.6 Å². The predicted molar refractivity (Wildman–Crippen MR) is 538 cm³/mol. The molecule has 0 aromatic heterocycles. The van der Waals surface area contributed by atoms with Crippen LogP contribution in [0.25, 0.3) is 77.9 Å². The molecule has 0 aliphatic carbocycles. The summed E-state index contributed by atoms with van der Waals surface area (Å²) in [7, 11) is 0. The third-order valence-corrected chi connectivity index (χ3v) is 27.0. The van der Waals surface area contributed by atoms with Crippen molar-refractivity contribution in [1.29, 1.82) is 0 Å². The number of hydrogen-bond acceptors (Lipinski definition) is 8. The van der Waals surface area contributed by atoms with Crippen molar-refractivity contribution in [3.63, 3.8) is 0 Å². The molecule has 0 unspecified atom stereocenters. The van der Waals surface area contributed by atoms with E-state index in [2.05, 4.69) is 350 Å². The molecule has 8 heterocycles. The van der Waals surface area contributed by atoms with E-state index in [1.165, 1.54) is 144 Å². The van der Waals surface area contributed by atoms with E-state index in [9.17, 15) is 0 Å². The minimum absolute atomic E-state index is 0.0589. The van der Waals surface area contributed by atoms with E-state index in [0.29, 0.717) is 0 Å². The van der Waals surface area contributed by atoms with Crippen LogP contribution in [-0.2, 0) is 0 Å². The molecule has 0 radical (unpaired) electrons. The van der Waals surface area contributed by atoms with Gasteiger partial charge >= 0.3 is 0 Å². The van der Waals surface area contributed by atoms with Gasteiger partial charge in [-0.3, -0.25) is 0 Å². The van der Waals surface area contributed by atoms with Gasteiger partial charge in [0.1, 0.15) is 92.0 Å². The third-order valence-electron chi connectivity index (χ3n) is 27.0. The number of ether oxygens (including phenoxy) is 8. The third kappa shape index (κ3) is 13.8. The Balaban J connectivity index is 0.0000000968. The fraction of sp³-hybridized carbons (Fsp3) is 0.0420. The van der Waals surface area contributed by atoms with Crippen LogP contribution in [0.5, 0.6) is 92.0 Å². The Labute approximate surface area is 763 Å². The highest BCUT2D eigenvalue weighted by molar-refractivity contribution is 7.00. The maximum Gasteiger partial charge on any atom is 0.260 e. The van der Waals surface area contributed by atoms with Crippen molar-refractivity contribution in [2.75, 3.05) is 0 Å². The molecule has 0 fully saturated rings. The second-order valence-corrected chi connectivity index (χ2v) is 34.8. The SMILES string of the molecule is Cc1ccccc1-c1ccc2c(c1)B1c3ccc(-c4ccccc4)cc3Oc3cccc(c31)O2.Cc1ccccc1-c1ccc2c(c1)B1c3ccccc3Oc3cccc(c31)O2.Cc1ccccc1-c1ccc2c(c1)Oc1cccc3c1B2c1cc(-c2ccccc2)ccc1O3.Cc1ccccc1-c1ccc2c(c1)Oc1cccc3c1B2c1cc(-c2ccccc2C)ccc1O3. The maximum atomic E-state index is 6.50. The van der Waals surface area contributed by atoms with E-state index in [0.717, 1.165) is 119 Å². The van der Waals surface area contributed by atoms with E-state index >= 15 is 0 Å². The summed E-state index contributed by atoms with van der Waals surface area (Å²) in [6.07, 6.45) is 0. The number of fused-ring (bicyclic) bond motifs is 16. The fourth-order valence-electron chi connectivity index (χ4n) is 20.6. The summed E-state index contributed by atoms with van der Waals surface area (Å²) in [5, 5.41) is 0. The highest BCUT2D eigenvalue weighted by Crippen LogP contribution is 2.44. The zero-order chi connectivity index (χ0) is 87.5. The number of rotatable bonds is 7. The van der Waals surface area contributed by atoms with Crippen molar-refractivity contribution < 1.29 is 37.9 Å². The zero-order valence-corrected chi connectivity index (χ0v) is 72.8. The van der Waals surface area contributed by atoms with E-state index in [4.69, 9.17) is 37.9 Å². The summed E-state index contributed by atoms with van der Waals surface area (Å²) in [6, 6.07) is 142. The largest absolute Gasteiger partial charge is 0.458 e. The van der Waals surface area contributed by atoms with Crippen molar-refractivity contribution in [3.8, 4) is 170 Å². The van der Waals surface area contributed by atoms with Crippen LogP contribution in [0.1, 0.15) is 27.8 Å². The van der Waals surface area contributed by atoms with Gasteiger partial charge in [0.15, 0.2) is 0 Å². The zero-order valence-electron chi connectivity index (χ0n) is 72.8. The second-order valence-electron chi connectivity index (χ2n) is 34.8. The summed E-state index contributed by atoms with van der Waals surface area (Å²) >= 11 is 0. The predicted octanol–water partition coefficient (Wildman–Crippen LogP) is 22.9. The van der Waals surface area contributed by atoms with E-state index in [-0.39, 0.29) is 26.9 Å². The Morgan fingerprint density at radius 2 is 0.328 bits per heavy atom. The van der Waals surface area contributed by atoms with Gasteiger partial charge in [-0.1, -0.05) is 309 Å².